The van der Waals surface area contributed by atoms with Crippen molar-refractivity contribution in [2.24, 2.45) is 23.5 Å². The number of nitrogens with two attached hydrogens (primary N) is 1. The Morgan fingerprint density at radius 1 is 1.18 bits per heavy atom. The van der Waals surface area contributed by atoms with Crippen LogP contribution in [0.25, 0.3) is 0 Å². The minimum absolute atomic E-state index is 0. The zero-order chi connectivity index (χ0) is 7.14. The fourth-order valence-corrected chi connectivity index (χ4v) is 2.65. The molecule has 0 aromatic carbocycles. The number of aliphatic hydroxyl groups is 1. The van der Waals surface area contributed by atoms with Gasteiger partial charge in [0.2, 0.25) is 0 Å². The Kier molecular flexibility index (Phi) is 2.79. The lowest BCUT2D eigenvalue weighted by atomic mass is 9.87. The Hall–Kier alpha value is 0.210. The molecule has 11 heavy (non-hydrogen) atoms. The van der Waals surface area contributed by atoms with E-state index in [1.807, 2.05) is 0 Å². The third kappa shape index (κ3) is 1.40. The molecule has 0 heterocycles. The lowest BCUT2D eigenvalue weighted by Gasteiger charge is -2.23. The average Bonchev–Trinajstić information content (AvgIpc) is 2.44. The van der Waals surface area contributed by atoms with E-state index in [-0.39, 0.29) is 18.5 Å². The van der Waals surface area contributed by atoms with Crippen LogP contribution in [-0.4, -0.2) is 17.8 Å². The second-order valence-electron chi connectivity index (χ2n) is 3.79. The van der Waals surface area contributed by atoms with Crippen molar-refractivity contribution in [2.75, 3.05) is 6.54 Å². The molecule has 2 saturated carbocycles. The molecule has 0 radical (unpaired) electrons. The molecule has 0 aromatic heterocycles. The predicted octanol–water partition coefficient (Wildman–Crippen LogP) is 0.774. The maximum Gasteiger partial charge on any atom is 0.0571 e. The van der Waals surface area contributed by atoms with Gasteiger partial charge in [-0.25, -0.2) is 0 Å². The molecule has 2 fully saturated rings. The van der Waals surface area contributed by atoms with Gasteiger partial charge in [-0.15, -0.1) is 12.4 Å². The Morgan fingerprint density at radius 2 is 1.91 bits per heavy atom. The van der Waals surface area contributed by atoms with Gasteiger partial charge in [0.1, 0.15) is 0 Å². The van der Waals surface area contributed by atoms with Crippen LogP contribution in [0.1, 0.15) is 19.3 Å². The largest absolute Gasteiger partial charge is 0.393 e. The zero-order valence-corrected chi connectivity index (χ0v) is 7.39. The van der Waals surface area contributed by atoms with Gasteiger partial charge in [0.25, 0.3) is 0 Å². The van der Waals surface area contributed by atoms with Crippen LogP contribution < -0.4 is 5.73 Å². The minimum atomic E-state index is 0. The Balaban J connectivity index is 0.000000605. The van der Waals surface area contributed by atoms with E-state index in [9.17, 15) is 5.11 Å². The topological polar surface area (TPSA) is 46.2 Å². The van der Waals surface area contributed by atoms with Crippen LogP contribution in [0.4, 0.5) is 0 Å². The van der Waals surface area contributed by atoms with Crippen LogP contribution in [0.2, 0.25) is 0 Å². The Morgan fingerprint density at radius 3 is 2.27 bits per heavy atom. The fraction of sp³-hybridized carbons (Fsp3) is 1.00. The van der Waals surface area contributed by atoms with E-state index in [0.717, 1.165) is 24.8 Å². The number of halogens is 1. The molecule has 0 aliphatic heterocycles. The molecule has 2 aliphatic carbocycles. The van der Waals surface area contributed by atoms with Crippen LogP contribution in [0, 0.1) is 17.8 Å². The molecule has 66 valence electrons. The van der Waals surface area contributed by atoms with Crippen LogP contribution in [0.3, 0.4) is 0 Å². The summed E-state index contributed by atoms with van der Waals surface area (Å²) < 4.78 is 0. The van der Waals surface area contributed by atoms with E-state index in [0.29, 0.717) is 5.92 Å². The third-order valence-corrected chi connectivity index (χ3v) is 3.27. The molecule has 0 saturated heterocycles. The molecule has 0 aromatic rings. The zero-order valence-electron chi connectivity index (χ0n) is 6.57. The van der Waals surface area contributed by atoms with Crippen molar-refractivity contribution in [1.82, 2.24) is 0 Å². The first-order chi connectivity index (χ1) is 4.81. The normalized spacial score (nSPS) is 47.5. The Labute approximate surface area is 73.6 Å². The first-order valence-corrected chi connectivity index (χ1v) is 4.19. The first kappa shape index (κ1) is 9.30. The van der Waals surface area contributed by atoms with Crippen molar-refractivity contribution in [3.63, 3.8) is 0 Å². The molecule has 3 N–H and O–H groups in total. The van der Waals surface area contributed by atoms with Crippen molar-refractivity contribution in [3.8, 4) is 0 Å². The highest BCUT2D eigenvalue weighted by molar-refractivity contribution is 5.85. The molecule has 0 spiro atoms. The van der Waals surface area contributed by atoms with Gasteiger partial charge < -0.3 is 10.8 Å². The van der Waals surface area contributed by atoms with E-state index in [4.69, 9.17) is 5.73 Å². The number of rotatable bonds is 1. The summed E-state index contributed by atoms with van der Waals surface area (Å²) in [5, 5.41) is 9.39. The van der Waals surface area contributed by atoms with E-state index in [1.54, 1.807) is 0 Å². The number of hydrogen-bond acceptors (Lipinski definition) is 2. The van der Waals surface area contributed by atoms with Gasteiger partial charge >= 0.3 is 0 Å². The van der Waals surface area contributed by atoms with Gasteiger partial charge in [-0.05, 0) is 43.6 Å². The Bertz CT molecular complexity index is 140. The molecule has 2 aliphatic rings. The molecule has 2 rings (SSSR count). The lowest BCUT2D eigenvalue weighted by Crippen LogP contribution is -2.26. The van der Waals surface area contributed by atoms with Crippen LogP contribution in [-0.2, 0) is 0 Å². The van der Waals surface area contributed by atoms with Gasteiger partial charge in [-0.1, -0.05) is 0 Å². The molecule has 0 unspecified atom stereocenters. The summed E-state index contributed by atoms with van der Waals surface area (Å²) >= 11 is 0. The molecular weight excluding hydrogens is 162 g/mol. The summed E-state index contributed by atoms with van der Waals surface area (Å²) in [6, 6.07) is 0. The minimum Gasteiger partial charge on any atom is -0.393 e. The summed E-state index contributed by atoms with van der Waals surface area (Å²) in [5.41, 5.74) is 5.58. The highest BCUT2D eigenvalue weighted by atomic mass is 35.5. The van der Waals surface area contributed by atoms with E-state index >= 15 is 0 Å². The molecule has 0 amide bonds. The summed E-state index contributed by atoms with van der Waals surface area (Å²) in [4.78, 5) is 0. The number of aliphatic hydroxyl groups excluding tert-OH is 1. The van der Waals surface area contributed by atoms with Crippen molar-refractivity contribution in [1.29, 1.82) is 0 Å². The summed E-state index contributed by atoms with van der Waals surface area (Å²) in [6.45, 7) is 0.827. The van der Waals surface area contributed by atoms with Crippen molar-refractivity contribution >= 4 is 12.4 Å². The highest BCUT2D eigenvalue weighted by Crippen LogP contribution is 2.47. The monoisotopic (exact) mass is 177 g/mol. The van der Waals surface area contributed by atoms with E-state index < -0.39 is 0 Å². The maximum absolute atomic E-state index is 9.39. The fourth-order valence-electron chi connectivity index (χ4n) is 2.65. The van der Waals surface area contributed by atoms with Gasteiger partial charge in [-0.2, -0.15) is 0 Å². The van der Waals surface area contributed by atoms with Gasteiger partial charge in [0.15, 0.2) is 0 Å². The van der Waals surface area contributed by atoms with Crippen molar-refractivity contribution in [2.45, 2.75) is 25.4 Å². The predicted molar refractivity (Wildman–Crippen MR) is 46.6 cm³/mol. The maximum atomic E-state index is 9.39. The van der Waals surface area contributed by atoms with Crippen LogP contribution in [0.15, 0.2) is 0 Å². The van der Waals surface area contributed by atoms with Gasteiger partial charge in [-0.3, -0.25) is 0 Å². The summed E-state index contributed by atoms with van der Waals surface area (Å²) in [6.07, 6.45) is 3.45. The first-order valence-electron chi connectivity index (χ1n) is 4.19. The summed E-state index contributed by atoms with van der Waals surface area (Å²) in [5.74, 6) is 2.08. The summed E-state index contributed by atoms with van der Waals surface area (Å²) in [7, 11) is 0. The highest BCUT2D eigenvalue weighted by Gasteiger charge is 2.44. The van der Waals surface area contributed by atoms with Gasteiger partial charge in [0, 0.05) is 0 Å². The lowest BCUT2D eigenvalue weighted by molar-refractivity contribution is 0.0967. The molecule has 4 atom stereocenters. The van der Waals surface area contributed by atoms with Crippen molar-refractivity contribution < 1.29 is 5.11 Å². The van der Waals surface area contributed by atoms with Crippen LogP contribution >= 0.6 is 12.4 Å². The average molecular weight is 178 g/mol. The third-order valence-electron chi connectivity index (χ3n) is 3.27. The van der Waals surface area contributed by atoms with E-state index in [1.165, 1.54) is 12.8 Å². The standard InChI is InChI=1S/C8H15NO.ClH/c9-4-7-2-6-1-5(7)3-8(6)10;/h5-8,10H,1-4,9H2;1H/t5-,6-,7+,8-;/m1./s1. The second-order valence-corrected chi connectivity index (χ2v) is 3.79. The molecule has 2 nitrogen and oxygen atoms in total. The van der Waals surface area contributed by atoms with Crippen LogP contribution in [0.5, 0.6) is 0 Å². The SMILES string of the molecule is Cl.NC[C@@H]1C[C@H]2C[C@@H]1C[C@H]2O. The quantitative estimate of drug-likeness (QED) is 0.622. The number of hydrogen-bond donors (Lipinski definition) is 2. The molecule has 3 heteroatoms. The molecule has 2 bridgehead atoms. The van der Waals surface area contributed by atoms with Gasteiger partial charge in [0.05, 0.1) is 6.10 Å². The molecular formula is C8H16ClNO. The smallest absolute Gasteiger partial charge is 0.0571 e. The second kappa shape index (κ2) is 3.30. The van der Waals surface area contributed by atoms with Crippen molar-refractivity contribution in [3.05, 3.63) is 0 Å². The number of fused-ring (bicyclic) bond motifs is 2. The van der Waals surface area contributed by atoms with E-state index in [2.05, 4.69) is 0 Å².